The Morgan fingerprint density at radius 1 is 1.45 bits per heavy atom. The van der Waals surface area contributed by atoms with E-state index in [1.807, 2.05) is 0 Å². The highest BCUT2D eigenvalue weighted by Crippen LogP contribution is 2.39. The average Bonchev–Trinajstić information content (AvgIpc) is 2.38. The number of benzene rings is 1. The molecule has 108 valence electrons. The van der Waals surface area contributed by atoms with E-state index in [1.54, 1.807) is 6.07 Å². The van der Waals surface area contributed by atoms with Gasteiger partial charge in [0.25, 0.3) is 5.69 Å². The summed E-state index contributed by atoms with van der Waals surface area (Å²) in [5.74, 6) is -0.491. The average molecular weight is 295 g/mol. The van der Waals surface area contributed by atoms with E-state index in [-0.39, 0.29) is 11.3 Å². The quantitative estimate of drug-likeness (QED) is 0.671. The van der Waals surface area contributed by atoms with Gasteiger partial charge in [-0.3, -0.25) is 10.1 Å². The number of thioether (sulfide) groups is 1. The van der Waals surface area contributed by atoms with Crippen LogP contribution in [0.25, 0.3) is 0 Å². The predicted octanol–water partition coefficient (Wildman–Crippen LogP) is 3.96. The van der Waals surface area contributed by atoms with Gasteiger partial charge in [-0.1, -0.05) is 19.8 Å². The van der Waals surface area contributed by atoms with E-state index in [1.165, 1.54) is 24.2 Å². The normalized spacial score (nSPS) is 22.4. The van der Waals surface area contributed by atoms with E-state index < -0.39 is 10.9 Å². The first-order chi connectivity index (χ1) is 9.47. The molecule has 1 saturated carbocycles. The molecule has 6 heteroatoms. The molecule has 0 radical (unpaired) electrons. The molecular weight excluding hydrogens is 278 g/mol. The Hall–Kier alpha value is -1.56. The van der Waals surface area contributed by atoms with Gasteiger partial charge in [0.2, 0.25) is 0 Å². The number of nitro benzene ring substituents is 1. The lowest BCUT2D eigenvalue weighted by molar-refractivity contribution is -0.387. The Bertz CT molecular complexity index is 532. The number of carboxylic acid groups (broad SMARTS) is 1. The van der Waals surface area contributed by atoms with Crippen molar-refractivity contribution < 1.29 is 14.8 Å². The second kappa shape index (κ2) is 6.26. The van der Waals surface area contributed by atoms with Gasteiger partial charge in [0.15, 0.2) is 0 Å². The third-order valence-electron chi connectivity index (χ3n) is 3.58. The third-order valence-corrected chi connectivity index (χ3v) is 4.95. The van der Waals surface area contributed by atoms with E-state index in [0.717, 1.165) is 25.3 Å². The molecule has 2 unspecified atom stereocenters. The van der Waals surface area contributed by atoms with Gasteiger partial charge in [-0.25, -0.2) is 4.79 Å². The van der Waals surface area contributed by atoms with Gasteiger partial charge < -0.3 is 5.11 Å². The molecule has 1 aromatic rings. The summed E-state index contributed by atoms with van der Waals surface area (Å²) in [6, 6.07) is 4.15. The molecular formula is C14H17NO4S. The minimum absolute atomic E-state index is 0.0435. The summed E-state index contributed by atoms with van der Waals surface area (Å²) in [4.78, 5) is 22.1. The second-order valence-electron chi connectivity index (χ2n) is 5.26. The largest absolute Gasteiger partial charge is 0.478 e. The monoisotopic (exact) mass is 295 g/mol. The van der Waals surface area contributed by atoms with Crippen molar-refractivity contribution >= 4 is 23.4 Å². The molecule has 1 aromatic carbocycles. The highest BCUT2D eigenvalue weighted by molar-refractivity contribution is 8.00. The Labute approximate surface area is 121 Å². The fourth-order valence-corrected chi connectivity index (χ4v) is 4.03. The van der Waals surface area contributed by atoms with Crippen LogP contribution in [0, 0.1) is 16.0 Å². The molecule has 1 fully saturated rings. The fourth-order valence-electron chi connectivity index (χ4n) is 2.56. The van der Waals surface area contributed by atoms with E-state index in [4.69, 9.17) is 5.11 Å². The zero-order chi connectivity index (χ0) is 14.7. The number of aromatic carboxylic acids is 1. The van der Waals surface area contributed by atoms with Crippen molar-refractivity contribution in [1.29, 1.82) is 0 Å². The molecule has 0 aromatic heterocycles. The summed E-state index contributed by atoms with van der Waals surface area (Å²) < 4.78 is 0. The zero-order valence-corrected chi connectivity index (χ0v) is 12.1. The van der Waals surface area contributed by atoms with Crippen molar-refractivity contribution in [3.8, 4) is 0 Å². The van der Waals surface area contributed by atoms with Crippen molar-refractivity contribution in [1.82, 2.24) is 0 Å². The van der Waals surface area contributed by atoms with Crippen molar-refractivity contribution in [2.45, 2.75) is 42.8 Å². The van der Waals surface area contributed by atoms with Crippen molar-refractivity contribution in [3.05, 3.63) is 33.9 Å². The van der Waals surface area contributed by atoms with Gasteiger partial charge >= 0.3 is 5.97 Å². The lowest BCUT2D eigenvalue weighted by Gasteiger charge is -2.26. The molecule has 5 nitrogen and oxygen atoms in total. The highest BCUT2D eigenvalue weighted by Gasteiger charge is 2.24. The van der Waals surface area contributed by atoms with Crippen LogP contribution in [0.15, 0.2) is 23.1 Å². The van der Waals surface area contributed by atoms with Gasteiger partial charge in [0, 0.05) is 11.3 Å². The molecule has 20 heavy (non-hydrogen) atoms. The number of hydrogen-bond donors (Lipinski definition) is 1. The topological polar surface area (TPSA) is 80.4 Å². The summed E-state index contributed by atoms with van der Waals surface area (Å²) >= 11 is 1.51. The summed E-state index contributed by atoms with van der Waals surface area (Å²) in [6.07, 6.45) is 4.49. The Morgan fingerprint density at radius 2 is 2.20 bits per heavy atom. The minimum atomic E-state index is -1.14. The van der Waals surface area contributed by atoms with E-state index in [0.29, 0.717) is 16.1 Å². The Kier molecular flexibility index (Phi) is 4.65. The van der Waals surface area contributed by atoms with Gasteiger partial charge in [-0.2, -0.15) is 0 Å². The number of nitrogens with zero attached hydrogens (tertiary/aromatic N) is 1. The SMILES string of the molecule is CC1CCCC(Sc2ccc(C(=O)O)cc2[N+](=O)[O-])C1. The van der Waals surface area contributed by atoms with Crippen LogP contribution >= 0.6 is 11.8 Å². The van der Waals surface area contributed by atoms with Gasteiger partial charge in [0.05, 0.1) is 15.4 Å². The van der Waals surface area contributed by atoms with Gasteiger partial charge in [0.1, 0.15) is 0 Å². The predicted molar refractivity (Wildman–Crippen MR) is 77.3 cm³/mol. The van der Waals surface area contributed by atoms with Crippen LogP contribution in [-0.4, -0.2) is 21.2 Å². The maximum absolute atomic E-state index is 11.1. The molecule has 0 saturated heterocycles. The molecule has 0 heterocycles. The molecule has 1 aliphatic carbocycles. The number of carboxylic acids is 1. The molecule has 0 spiro atoms. The highest BCUT2D eigenvalue weighted by atomic mass is 32.2. The maximum atomic E-state index is 11.1. The molecule has 0 bridgehead atoms. The smallest absolute Gasteiger partial charge is 0.335 e. The third kappa shape index (κ3) is 3.50. The number of carbonyl (C=O) groups is 1. The first-order valence-corrected chi connectivity index (χ1v) is 7.53. The summed E-state index contributed by atoms with van der Waals surface area (Å²) in [5.41, 5.74) is -0.147. The van der Waals surface area contributed by atoms with E-state index in [9.17, 15) is 14.9 Å². The van der Waals surface area contributed by atoms with E-state index in [2.05, 4.69) is 6.92 Å². The molecule has 2 atom stereocenters. The molecule has 1 aliphatic rings. The molecule has 1 N–H and O–H groups in total. The first-order valence-electron chi connectivity index (χ1n) is 6.65. The van der Waals surface area contributed by atoms with Gasteiger partial charge in [-0.15, -0.1) is 11.8 Å². The van der Waals surface area contributed by atoms with Crippen LogP contribution in [0.2, 0.25) is 0 Å². The van der Waals surface area contributed by atoms with E-state index >= 15 is 0 Å². The van der Waals surface area contributed by atoms with Crippen LogP contribution in [-0.2, 0) is 0 Å². The minimum Gasteiger partial charge on any atom is -0.478 e. The summed E-state index contributed by atoms with van der Waals surface area (Å²) in [6.45, 7) is 2.20. The lowest BCUT2D eigenvalue weighted by atomic mass is 9.91. The molecule has 2 rings (SSSR count). The Morgan fingerprint density at radius 3 is 2.80 bits per heavy atom. The standard InChI is InChI=1S/C14H17NO4S/c1-9-3-2-4-11(7-9)20-13-6-5-10(14(16)17)8-12(13)15(18)19/h5-6,8-9,11H,2-4,7H2,1H3,(H,16,17). The molecule has 0 amide bonds. The maximum Gasteiger partial charge on any atom is 0.335 e. The summed E-state index contributed by atoms with van der Waals surface area (Å²) in [5, 5.41) is 20.4. The van der Waals surface area contributed by atoms with Crippen molar-refractivity contribution in [3.63, 3.8) is 0 Å². The number of rotatable bonds is 4. The first kappa shape index (κ1) is 14.8. The van der Waals surface area contributed by atoms with Crippen LogP contribution in [0.3, 0.4) is 0 Å². The second-order valence-corrected chi connectivity index (χ2v) is 6.60. The molecule has 0 aliphatic heterocycles. The Balaban J connectivity index is 2.22. The number of nitro groups is 1. The number of hydrogen-bond acceptors (Lipinski definition) is 4. The fraction of sp³-hybridized carbons (Fsp3) is 0.500. The lowest BCUT2D eigenvalue weighted by Crippen LogP contribution is -2.15. The van der Waals surface area contributed by atoms with Crippen LogP contribution in [0.5, 0.6) is 0 Å². The summed E-state index contributed by atoms with van der Waals surface area (Å²) in [7, 11) is 0. The van der Waals surface area contributed by atoms with Crippen molar-refractivity contribution in [2.75, 3.05) is 0 Å². The van der Waals surface area contributed by atoms with Crippen molar-refractivity contribution in [2.24, 2.45) is 5.92 Å². The van der Waals surface area contributed by atoms with Gasteiger partial charge in [-0.05, 0) is 30.9 Å². The van der Waals surface area contributed by atoms with Crippen LogP contribution in [0.1, 0.15) is 43.0 Å². The van der Waals surface area contributed by atoms with Crippen LogP contribution < -0.4 is 0 Å². The van der Waals surface area contributed by atoms with Crippen LogP contribution in [0.4, 0.5) is 5.69 Å². The zero-order valence-electron chi connectivity index (χ0n) is 11.2.